The Morgan fingerprint density at radius 1 is 0.932 bits per heavy atom. The Labute approximate surface area is 258 Å². The Hall–Kier alpha value is -4.21. The molecule has 0 aromatic heterocycles. The number of ether oxygens (including phenoxy) is 2. The summed E-state index contributed by atoms with van der Waals surface area (Å²) >= 11 is 0. The van der Waals surface area contributed by atoms with Crippen LogP contribution >= 0.6 is 0 Å². The molecule has 9 heteroatoms. The molecule has 2 fully saturated rings. The van der Waals surface area contributed by atoms with Crippen LogP contribution in [0, 0.1) is 6.92 Å². The summed E-state index contributed by atoms with van der Waals surface area (Å²) in [4.78, 5) is 46.6. The monoisotopic (exact) mass is 596 g/mol. The number of fused-ring (bicyclic) bond motifs is 5. The van der Waals surface area contributed by atoms with Crippen molar-refractivity contribution in [3.63, 3.8) is 0 Å². The van der Waals surface area contributed by atoms with Crippen LogP contribution in [0.1, 0.15) is 39.9 Å². The molecular formula is C35H40N4O5. The fourth-order valence-corrected chi connectivity index (χ4v) is 6.57. The third kappa shape index (κ3) is 6.07. The minimum Gasteiger partial charge on any atom is -0.457 e. The van der Waals surface area contributed by atoms with Gasteiger partial charge in [-0.25, -0.2) is 0 Å². The van der Waals surface area contributed by atoms with Crippen molar-refractivity contribution in [2.45, 2.75) is 43.9 Å². The first-order valence-electron chi connectivity index (χ1n) is 15.3. The number of carbonyl (C=O) groups is 3. The normalized spacial score (nSPS) is 22.6. The molecule has 2 atom stereocenters. The number of nitrogens with zero attached hydrogens (tertiary/aromatic N) is 3. The molecule has 0 aliphatic carbocycles. The van der Waals surface area contributed by atoms with Crippen LogP contribution in [-0.4, -0.2) is 91.4 Å². The molecule has 1 N–H and O–H groups in total. The summed E-state index contributed by atoms with van der Waals surface area (Å²) in [6.07, 6.45) is 1.03. The number of aryl methyl sites for hydroxylation is 1. The number of likely N-dealkylation sites (N-methyl/N-ethyl adjacent to an activating group) is 1. The lowest BCUT2D eigenvalue weighted by Crippen LogP contribution is -2.52. The first-order valence-corrected chi connectivity index (χ1v) is 15.3. The first kappa shape index (κ1) is 29.8. The van der Waals surface area contributed by atoms with E-state index in [9.17, 15) is 14.4 Å². The first-order chi connectivity index (χ1) is 21.2. The fourth-order valence-electron chi connectivity index (χ4n) is 6.57. The summed E-state index contributed by atoms with van der Waals surface area (Å²) in [6.45, 7) is 4.45. The van der Waals surface area contributed by atoms with Gasteiger partial charge in [-0.15, -0.1) is 0 Å². The predicted octanol–water partition coefficient (Wildman–Crippen LogP) is 3.75. The number of piperidine rings is 1. The number of likely N-dealkylation sites (tertiary alicyclic amines) is 2. The average molecular weight is 597 g/mol. The maximum Gasteiger partial charge on any atom is 0.254 e. The van der Waals surface area contributed by atoms with E-state index in [-0.39, 0.29) is 24.3 Å². The molecule has 9 nitrogen and oxygen atoms in total. The number of amides is 3. The number of benzene rings is 3. The number of rotatable bonds is 2. The summed E-state index contributed by atoms with van der Waals surface area (Å²) in [7, 11) is 3.70. The van der Waals surface area contributed by atoms with Crippen LogP contribution in [0.3, 0.4) is 0 Å². The minimum atomic E-state index is -0.628. The van der Waals surface area contributed by atoms with Crippen LogP contribution < -0.4 is 10.1 Å². The summed E-state index contributed by atoms with van der Waals surface area (Å²) < 4.78 is 12.6. The van der Waals surface area contributed by atoms with Gasteiger partial charge in [0.05, 0.1) is 30.7 Å². The molecule has 2 saturated heterocycles. The van der Waals surface area contributed by atoms with E-state index in [1.54, 1.807) is 19.2 Å². The highest BCUT2D eigenvalue weighted by atomic mass is 16.5. The van der Waals surface area contributed by atoms with Crippen molar-refractivity contribution in [3.8, 4) is 11.5 Å². The Balaban J connectivity index is 1.29. The summed E-state index contributed by atoms with van der Waals surface area (Å²) in [5.74, 6) is 0.701. The molecule has 3 aromatic rings. The quantitative estimate of drug-likeness (QED) is 0.485. The molecule has 3 heterocycles. The SMILES string of the molecule is Cc1ccc2cc1Oc1cccc(c1)CO[C@H]1CN(C(=O)C3(c4ccccc4)CCN(C)CC3)C[C@@H]1NC(=O)CN(C)C2=O. The van der Waals surface area contributed by atoms with Gasteiger partial charge in [0.15, 0.2) is 0 Å². The predicted molar refractivity (Wildman–Crippen MR) is 167 cm³/mol. The van der Waals surface area contributed by atoms with Crippen LogP contribution in [-0.2, 0) is 26.3 Å². The van der Waals surface area contributed by atoms with Crippen LogP contribution in [0.5, 0.6) is 11.5 Å². The Morgan fingerprint density at radius 3 is 2.48 bits per heavy atom. The molecule has 3 aliphatic heterocycles. The van der Waals surface area contributed by atoms with Gasteiger partial charge in [0.1, 0.15) is 11.5 Å². The minimum absolute atomic E-state index is 0.0744. The number of hydrogen-bond acceptors (Lipinski definition) is 6. The molecule has 0 unspecified atom stereocenters. The highest BCUT2D eigenvalue weighted by Crippen LogP contribution is 2.38. The molecule has 230 valence electrons. The molecule has 4 bridgehead atoms. The number of carbonyl (C=O) groups excluding carboxylic acids is 3. The number of nitrogens with one attached hydrogen (secondary N) is 1. The maximum absolute atomic E-state index is 14.5. The summed E-state index contributed by atoms with van der Waals surface area (Å²) in [6, 6.07) is 22.6. The zero-order chi connectivity index (χ0) is 30.8. The third-order valence-electron chi connectivity index (χ3n) is 9.23. The molecule has 3 amide bonds. The average Bonchev–Trinajstić information content (AvgIpc) is 3.43. The largest absolute Gasteiger partial charge is 0.457 e. The summed E-state index contributed by atoms with van der Waals surface area (Å²) in [5.41, 5.74) is 2.64. The van der Waals surface area contributed by atoms with Gasteiger partial charge >= 0.3 is 0 Å². The lowest BCUT2D eigenvalue weighted by atomic mass is 9.71. The van der Waals surface area contributed by atoms with Gasteiger partial charge in [0, 0.05) is 25.7 Å². The van der Waals surface area contributed by atoms with Gasteiger partial charge in [-0.2, -0.15) is 0 Å². The zero-order valence-corrected chi connectivity index (χ0v) is 25.6. The molecule has 44 heavy (non-hydrogen) atoms. The van der Waals surface area contributed by atoms with Gasteiger partial charge in [0.25, 0.3) is 5.91 Å². The highest BCUT2D eigenvalue weighted by Gasteiger charge is 2.48. The highest BCUT2D eigenvalue weighted by molar-refractivity contribution is 5.97. The second-order valence-corrected chi connectivity index (χ2v) is 12.4. The van der Waals surface area contributed by atoms with E-state index in [1.165, 1.54) is 4.90 Å². The van der Waals surface area contributed by atoms with Crippen LogP contribution in [0.15, 0.2) is 72.8 Å². The lowest BCUT2D eigenvalue weighted by Gasteiger charge is -2.42. The van der Waals surface area contributed by atoms with Crippen molar-refractivity contribution >= 4 is 17.7 Å². The standard InChI is InChI=1S/C35H40N4O5/c1-24-12-13-26-19-30(24)44-28-11-7-8-25(18-28)23-43-31-21-39(20-29(31)36-32(40)22-38(3)33(26)41)34(42)35(14-16-37(2)17-15-35)27-9-5-4-6-10-27/h4-13,18-19,29,31H,14-17,20-23H2,1-3H3,(H,36,40)/t29-,31-/m0/s1. The molecule has 0 radical (unpaired) electrons. The molecule has 3 aromatic carbocycles. The van der Waals surface area contributed by atoms with E-state index in [0.717, 1.165) is 42.6 Å². The van der Waals surface area contributed by atoms with Crippen molar-refractivity contribution in [2.75, 3.05) is 46.8 Å². The van der Waals surface area contributed by atoms with Crippen LogP contribution in [0.4, 0.5) is 0 Å². The van der Waals surface area contributed by atoms with E-state index in [1.807, 2.05) is 60.4 Å². The van der Waals surface area contributed by atoms with E-state index in [2.05, 4.69) is 29.4 Å². The van der Waals surface area contributed by atoms with Gasteiger partial charge in [-0.3, -0.25) is 14.4 Å². The van der Waals surface area contributed by atoms with Crippen molar-refractivity contribution in [1.82, 2.24) is 20.0 Å². The molecular weight excluding hydrogens is 556 g/mol. The number of hydrogen-bond donors (Lipinski definition) is 1. The second kappa shape index (κ2) is 12.4. The van der Waals surface area contributed by atoms with E-state index < -0.39 is 17.6 Å². The van der Waals surface area contributed by atoms with E-state index in [4.69, 9.17) is 9.47 Å². The van der Waals surface area contributed by atoms with Gasteiger partial charge in [-0.1, -0.05) is 48.5 Å². The maximum atomic E-state index is 14.5. The Kier molecular flexibility index (Phi) is 8.42. The smallest absolute Gasteiger partial charge is 0.254 e. The van der Waals surface area contributed by atoms with Crippen molar-refractivity contribution in [2.24, 2.45) is 0 Å². The second-order valence-electron chi connectivity index (χ2n) is 12.4. The lowest BCUT2D eigenvalue weighted by molar-refractivity contribution is -0.139. The van der Waals surface area contributed by atoms with Gasteiger partial charge in [-0.05, 0) is 80.9 Å². The molecule has 6 rings (SSSR count). The summed E-state index contributed by atoms with van der Waals surface area (Å²) in [5, 5.41) is 3.10. The Morgan fingerprint density at radius 2 is 1.70 bits per heavy atom. The van der Waals surface area contributed by atoms with Crippen molar-refractivity contribution in [1.29, 1.82) is 0 Å². The van der Waals surface area contributed by atoms with Gasteiger partial charge in [0.2, 0.25) is 11.8 Å². The molecule has 0 spiro atoms. The third-order valence-corrected chi connectivity index (χ3v) is 9.23. The van der Waals surface area contributed by atoms with Gasteiger partial charge < -0.3 is 29.5 Å². The van der Waals surface area contributed by atoms with Crippen molar-refractivity contribution in [3.05, 3.63) is 95.1 Å². The zero-order valence-electron chi connectivity index (χ0n) is 25.6. The van der Waals surface area contributed by atoms with Crippen LogP contribution in [0.25, 0.3) is 0 Å². The van der Waals surface area contributed by atoms with Crippen molar-refractivity contribution < 1.29 is 23.9 Å². The Bertz CT molecular complexity index is 1540. The van der Waals surface area contributed by atoms with E-state index >= 15 is 0 Å². The topological polar surface area (TPSA) is 91.4 Å². The van der Waals surface area contributed by atoms with E-state index in [0.29, 0.717) is 36.8 Å². The molecule has 3 aliphatic rings. The molecule has 0 saturated carbocycles. The van der Waals surface area contributed by atoms with Crippen LogP contribution in [0.2, 0.25) is 0 Å². The fraction of sp³-hybridized carbons (Fsp3) is 0.400.